The number of methoxy groups -OCH3 is 1. The van der Waals surface area contributed by atoms with Gasteiger partial charge in [0.25, 0.3) is 0 Å². The van der Waals surface area contributed by atoms with E-state index < -0.39 is 0 Å². The zero-order valence-corrected chi connectivity index (χ0v) is 12.1. The number of nitrogens with zero attached hydrogens (tertiary/aromatic N) is 1. The van der Waals surface area contributed by atoms with Crippen molar-refractivity contribution in [1.82, 2.24) is 4.90 Å². The van der Waals surface area contributed by atoms with E-state index in [2.05, 4.69) is 18.7 Å². The van der Waals surface area contributed by atoms with E-state index in [4.69, 9.17) is 4.74 Å². The lowest BCUT2D eigenvalue weighted by molar-refractivity contribution is 0.0600. The van der Waals surface area contributed by atoms with E-state index in [0.29, 0.717) is 11.0 Å². The van der Waals surface area contributed by atoms with Crippen molar-refractivity contribution in [3.8, 4) is 0 Å². The number of hydrogen-bond donors (Lipinski definition) is 0. The van der Waals surface area contributed by atoms with Gasteiger partial charge in [0.05, 0.1) is 12.7 Å². The maximum Gasteiger partial charge on any atom is 0.337 e. The van der Waals surface area contributed by atoms with Gasteiger partial charge in [-0.05, 0) is 49.0 Å². The number of carbonyl (C=O) groups is 1. The molecular weight excluding hydrogens is 238 g/mol. The Morgan fingerprint density at radius 1 is 1.21 bits per heavy atom. The van der Waals surface area contributed by atoms with E-state index >= 15 is 0 Å². The molecule has 0 aliphatic carbocycles. The summed E-state index contributed by atoms with van der Waals surface area (Å²) in [6.45, 7) is 7.97. The molecule has 1 aromatic rings. The predicted octanol–water partition coefficient (Wildman–Crippen LogP) is 3.10. The van der Waals surface area contributed by atoms with Crippen LogP contribution in [0.1, 0.15) is 42.6 Å². The van der Waals surface area contributed by atoms with Crippen LogP contribution in [0.25, 0.3) is 0 Å². The lowest BCUT2D eigenvalue weighted by atomic mass is 9.82. The Morgan fingerprint density at radius 3 is 2.32 bits per heavy atom. The van der Waals surface area contributed by atoms with Crippen LogP contribution in [0.5, 0.6) is 0 Å². The topological polar surface area (TPSA) is 29.5 Å². The van der Waals surface area contributed by atoms with Crippen molar-refractivity contribution in [3.63, 3.8) is 0 Å². The lowest BCUT2D eigenvalue weighted by Crippen LogP contribution is -2.36. The van der Waals surface area contributed by atoms with Gasteiger partial charge in [-0.25, -0.2) is 4.79 Å². The first-order chi connectivity index (χ1) is 9.00. The first-order valence-electron chi connectivity index (χ1n) is 6.90. The highest BCUT2D eigenvalue weighted by Crippen LogP contribution is 2.30. The summed E-state index contributed by atoms with van der Waals surface area (Å²) >= 11 is 0. The second-order valence-electron chi connectivity index (χ2n) is 6.13. The van der Waals surface area contributed by atoms with Gasteiger partial charge in [-0.1, -0.05) is 26.0 Å². The molecule has 0 unspecified atom stereocenters. The highest BCUT2D eigenvalue weighted by Gasteiger charge is 2.25. The van der Waals surface area contributed by atoms with Gasteiger partial charge in [-0.3, -0.25) is 4.90 Å². The van der Waals surface area contributed by atoms with Crippen molar-refractivity contribution in [1.29, 1.82) is 0 Å². The monoisotopic (exact) mass is 261 g/mol. The number of piperidine rings is 1. The van der Waals surface area contributed by atoms with Crippen molar-refractivity contribution in [2.24, 2.45) is 5.41 Å². The quantitative estimate of drug-likeness (QED) is 0.783. The normalized spacial score (nSPS) is 19.1. The Balaban J connectivity index is 1.92. The summed E-state index contributed by atoms with van der Waals surface area (Å²) in [7, 11) is 1.41. The fraction of sp³-hybridized carbons (Fsp3) is 0.562. The van der Waals surface area contributed by atoms with Crippen LogP contribution in [0.2, 0.25) is 0 Å². The molecule has 0 N–H and O–H groups in total. The van der Waals surface area contributed by atoms with E-state index in [9.17, 15) is 4.79 Å². The van der Waals surface area contributed by atoms with Gasteiger partial charge in [-0.15, -0.1) is 0 Å². The van der Waals surface area contributed by atoms with Crippen LogP contribution < -0.4 is 0 Å². The molecule has 3 nitrogen and oxygen atoms in total. The number of benzene rings is 1. The number of likely N-dealkylation sites (tertiary alicyclic amines) is 1. The molecule has 1 fully saturated rings. The molecule has 0 amide bonds. The van der Waals surface area contributed by atoms with Crippen molar-refractivity contribution >= 4 is 5.97 Å². The number of esters is 1. The third-order valence-corrected chi connectivity index (χ3v) is 3.99. The van der Waals surface area contributed by atoms with Gasteiger partial charge in [0.2, 0.25) is 0 Å². The number of hydrogen-bond acceptors (Lipinski definition) is 3. The van der Waals surface area contributed by atoms with E-state index in [0.717, 1.165) is 19.6 Å². The van der Waals surface area contributed by atoms with Crippen LogP contribution in [-0.4, -0.2) is 31.1 Å². The summed E-state index contributed by atoms with van der Waals surface area (Å²) in [5, 5.41) is 0. The summed E-state index contributed by atoms with van der Waals surface area (Å²) in [6, 6.07) is 7.72. The second-order valence-corrected chi connectivity index (χ2v) is 6.13. The standard InChI is InChI=1S/C16H23NO2/c1-16(2)8-10-17(11-9-16)12-13-4-6-14(7-5-13)15(18)19-3/h4-7H,8-12H2,1-3H3. The Labute approximate surface area is 115 Å². The molecular formula is C16H23NO2. The average Bonchev–Trinajstić information content (AvgIpc) is 2.41. The van der Waals surface area contributed by atoms with E-state index in [1.165, 1.54) is 25.5 Å². The summed E-state index contributed by atoms with van der Waals surface area (Å²) < 4.78 is 4.70. The zero-order chi connectivity index (χ0) is 13.9. The maximum atomic E-state index is 11.4. The van der Waals surface area contributed by atoms with Crippen molar-refractivity contribution < 1.29 is 9.53 Å². The summed E-state index contributed by atoms with van der Waals surface area (Å²) in [5.74, 6) is -0.272. The van der Waals surface area contributed by atoms with Crippen LogP contribution >= 0.6 is 0 Å². The average molecular weight is 261 g/mol. The minimum Gasteiger partial charge on any atom is -0.465 e. The van der Waals surface area contributed by atoms with Crippen molar-refractivity contribution in [3.05, 3.63) is 35.4 Å². The van der Waals surface area contributed by atoms with Crippen LogP contribution in [0, 0.1) is 5.41 Å². The minimum atomic E-state index is -0.272. The number of rotatable bonds is 3. The van der Waals surface area contributed by atoms with Gasteiger partial charge in [0, 0.05) is 6.54 Å². The molecule has 1 saturated heterocycles. The molecule has 1 aromatic carbocycles. The van der Waals surface area contributed by atoms with E-state index in [-0.39, 0.29) is 5.97 Å². The molecule has 19 heavy (non-hydrogen) atoms. The molecule has 104 valence electrons. The van der Waals surface area contributed by atoms with Gasteiger partial charge in [0.1, 0.15) is 0 Å². The Morgan fingerprint density at radius 2 is 1.79 bits per heavy atom. The minimum absolute atomic E-state index is 0.272. The number of ether oxygens (including phenoxy) is 1. The van der Waals surface area contributed by atoms with Crippen molar-refractivity contribution in [2.45, 2.75) is 33.2 Å². The van der Waals surface area contributed by atoms with Gasteiger partial charge < -0.3 is 4.74 Å². The van der Waals surface area contributed by atoms with E-state index in [1.54, 1.807) is 0 Å². The summed E-state index contributed by atoms with van der Waals surface area (Å²) in [4.78, 5) is 13.8. The Kier molecular flexibility index (Phi) is 4.25. The Hall–Kier alpha value is -1.35. The van der Waals surface area contributed by atoms with Gasteiger partial charge in [0.15, 0.2) is 0 Å². The third-order valence-electron chi connectivity index (χ3n) is 3.99. The molecule has 1 heterocycles. The molecule has 0 saturated carbocycles. The lowest BCUT2D eigenvalue weighted by Gasteiger charge is -2.36. The van der Waals surface area contributed by atoms with Crippen molar-refractivity contribution in [2.75, 3.05) is 20.2 Å². The fourth-order valence-corrected chi connectivity index (χ4v) is 2.44. The molecule has 0 aromatic heterocycles. The zero-order valence-electron chi connectivity index (χ0n) is 12.1. The van der Waals surface area contributed by atoms with Crippen LogP contribution in [0.4, 0.5) is 0 Å². The predicted molar refractivity (Wildman–Crippen MR) is 76.1 cm³/mol. The first kappa shape index (κ1) is 14.1. The molecule has 0 spiro atoms. The molecule has 1 aliphatic heterocycles. The summed E-state index contributed by atoms with van der Waals surface area (Å²) in [5.41, 5.74) is 2.36. The second kappa shape index (κ2) is 5.74. The maximum absolute atomic E-state index is 11.4. The fourth-order valence-electron chi connectivity index (χ4n) is 2.44. The molecule has 3 heteroatoms. The van der Waals surface area contributed by atoms with Crippen LogP contribution in [-0.2, 0) is 11.3 Å². The first-order valence-corrected chi connectivity index (χ1v) is 6.90. The highest BCUT2D eigenvalue weighted by atomic mass is 16.5. The molecule has 0 atom stereocenters. The van der Waals surface area contributed by atoms with Crippen LogP contribution in [0.3, 0.4) is 0 Å². The molecule has 2 rings (SSSR count). The smallest absolute Gasteiger partial charge is 0.337 e. The largest absolute Gasteiger partial charge is 0.465 e. The summed E-state index contributed by atoms with van der Waals surface area (Å²) in [6.07, 6.45) is 2.51. The number of carbonyl (C=O) groups excluding carboxylic acids is 1. The van der Waals surface area contributed by atoms with Crippen LogP contribution in [0.15, 0.2) is 24.3 Å². The third kappa shape index (κ3) is 3.80. The highest BCUT2D eigenvalue weighted by molar-refractivity contribution is 5.89. The van der Waals surface area contributed by atoms with E-state index in [1.807, 2.05) is 24.3 Å². The Bertz CT molecular complexity index is 427. The molecule has 0 bridgehead atoms. The SMILES string of the molecule is COC(=O)c1ccc(CN2CCC(C)(C)CC2)cc1. The van der Waals surface area contributed by atoms with Gasteiger partial charge >= 0.3 is 5.97 Å². The molecule has 0 radical (unpaired) electrons. The van der Waals surface area contributed by atoms with Gasteiger partial charge in [-0.2, -0.15) is 0 Å². The molecule has 1 aliphatic rings.